The second kappa shape index (κ2) is 3.08. The molecule has 12 heavy (non-hydrogen) atoms. The lowest BCUT2D eigenvalue weighted by Gasteiger charge is -2.02. The van der Waals surface area contributed by atoms with Gasteiger partial charge in [-0.3, -0.25) is 10.1 Å². The standard InChI is InChI=1S/C7H7N2O3/c1-12-6-4-2-3-5(7(6)8)9(10)11/h2-4H,1,8H2. The van der Waals surface area contributed by atoms with Crippen LogP contribution in [-0.2, 0) is 0 Å². The number of hydrogen-bond donors (Lipinski definition) is 1. The average molecular weight is 167 g/mol. The lowest BCUT2D eigenvalue weighted by atomic mass is 10.2. The second-order valence-corrected chi connectivity index (χ2v) is 2.09. The summed E-state index contributed by atoms with van der Waals surface area (Å²) in [6.45, 7) is 0. The van der Waals surface area contributed by atoms with Gasteiger partial charge in [0.2, 0.25) is 0 Å². The zero-order chi connectivity index (χ0) is 9.14. The molecule has 0 heterocycles. The number of nitrogens with zero attached hydrogens (tertiary/aromatic N) is 1. The number of anilines is 1. The third-order valence-corrected chi connectivity index (χ3v) is 1.40. The molecule has 0 atom stereocenters. The van der Waals surface area contributed by atoms with E-state index in [1.54, 1.807) is 0 Å². The van der Waals surface area contributed by atoms with Crippen LogP contribution in [0.2, 0.25) is 0 Å². The SMILES string of the molecule is [CH2]Oc1cccc([N+](=O)[O-])c1N. The van der Waals surface area contributed by atoms with Gasteiger partial charge in [0.05, 0.1) is 4.92 Å². The van der Waals surface area contributed by atoms with Crippen LogP contribution in [0.15, 0.2) is 18.2 Å². The normalized spacial score (nSPS) is 9.42. The number of para-hydroxylation sites is 1. The predicted molar refractivity (Wildman–Crippen MR) is 43.5 cm³/mol. The molecule has 1 radical (unpaired) electrons. The molecule has 0 bridgehead atoms. The molecule has 1 aromatic rings. The Hall–Kier alpha value is -1.78. The molecule has 2 N–H and O–H groups in total. The summed E-state index contributed by atoms with van der Waals surface area (Å²) < 4.78 is 4.56. The number of ether oxygens (including phenoxy) is 1. The molecule has 1 aromatic carbocycles. The van der Waals surface area contributed by atoms with Crippen LogP contribution < -0.4 is 10.5 Å². The van der Waals surface area contributed by atoms with Gasteiger partial charge < -0.3 is 10.5 Å². The minimum absolute atomic E-state index is 0.00231. The molecular formula is C7H7N2O3. The van der Waals surface area contributed by atoms with Gasteiger partial charge in [0.15, 0.2) is 5.69 Å². The fourth-order valence-corrected chi connectivity index (χ4v) is 0.818. The van der Waals surface area contributed by atoms with E-state index in [0.717, 1.165) is 0 Å². The van der Waals surface area contributed by atoms with Gasteiger partial charge in [-0.2, -0.15) is 0 Å². The zero-order valence-electron chi connectivity index (χ0n) is 6.19. The van der Waals surface area contributed by atoms with Gasteiger partial charge in [-0.25, -0.2) is 0 Å². The molecule has 0 amide bonds. The molecule has 63 valence electrons. The first-order valence-electron chi connectivity index (χ1n) is 3.11. The Morgan fingerprint density at radius 3 is 2.75 bits per heavy atom. The molecule has 0 aliphatic rings. The molecule has 5 heteroatoms. The Kier molecular flexibility index (Phi) is 2.14. The summed E-state index contributed by atoms with van der Waals surface area (Å²) >= 11 is 0. The largest absolute Gasteiger partial charge is 0.488 e. The van der Waals surface area contributed by atoms with E-state index < -0.39 is 4.92 Å². The van der Waals surface area contributed by atoms with Crippen LogP contribution in [0, 0.1) is 17.2 Å². The maximum absolute atomic E-state index is 10.3. The number of benzene rings is 1. The number of nitrogen functional groups attached to an aromatic ring is 1. The minimum Gasteiger partial charge on any atom is -0.488 e. The van der Waals surface area contributed by atoms with E-state index in [1.807, 2.05) is 0 Å². The van der Waals surface area contributed by atoms with Gasteiger partial charge in [-0.15, -0.1) is 0 Å². The Morgan fingerprint density at radius 2 is 2.25 bits per heavy atom. The molecular weight excluding hydrogens is 160 g/mol. The van der Waals surface area contributed by atoms with Crippen LogP contribution in [-0.4, -0.2) is 4.92 Å². The molecule has 0 unspecified atom stereocenters. The molecule has 0 saturated heterocycles. The third-order valence-electron chi connectivity index (χ3n) is 1.40. The molecule has 0 aromatic heterocycles. The van der Waals surface area contributed by atoms with E-state index in [1.165, 1.54) is 18.2 Å². The van der Waals surface area contributed by atoms with E-state index in [0.29, 0.717) is 0 Å². The topological polar surface area (TPSA) is 78.4 Å². The lowest BCUT2D eigenvalue weighted by Crippen LogP contribution is -1.97. The van der Waals surface area contributed by atoms with Crippen molar-refractivity contribution in [1.82, 2.24) is 0 Å². The van der Waals surface area contributed by atoms with Gasteiger partial charge in [0.25, 0.3) is 5.69 Å². The smallest absolute Gasteiger partial charge is 0.295 e. The summed E-state index contributed by atoms with van der Waals surface area (Å²) in [6.07, 6.45) is 0. The van der Waals surface area contributed by atoms with E-state index in [4.69, 9.17) is 5.73 Å². The van der Waals surface area contributed by atoms with Crippen LogP contribution in [0.4, 0.5) is 11.4 Å². The fourth-order valence-electron chi connectivity index (χ4n) is 0.818. The number of nitro benzene ring substituents is 1. The summed E-state index contributed by atoms with van der Waals surface area (Å²) in [5, 5.41) is 10.3. The first-order valence-corrected chi connectivity index (χ1v) is 3.11. The first-order chi connectivity index (χ1) is 5.66. The molecule has 0 fully saturated rings. The average Bonchev–Trinajstić information content (AvgIpc) is 2.04. The molecule has 0 aliphatic heterocycles. The summed E-state index contributed by atoms with van der Waals surface area (Å²) in [7, 11) is 3.11. The van der Waals surface area contributed by atoms with Crippen LogP contribution in [0.5, 0.6) is 5.75 Å². The van der Waals surface area contributed by atoms with Crippen LogP contribution in [0.25, 0.3) is 0 Å². The fraction of sp³-hybridized carbons (Fsp3) is 0. The summed E-state index contributed by atoms with van der Waals surface area (Å²) in [4.78, 5) is 9.77. The number of rotatable bonds is 2. The number of hydrogen-bond acceptors (Lipinski definition) is 4. The van der Waals surface area contributed by atoms with Gasteiger partial charge >= 0.3 is 0 Å². The lowest BCUT2D eigenvalue weighted by molar-refractivity contribution is -0.383. The maximum Gasteiger partial charge on any atom is 0.295 e. The van der Waals surface area contributed by atoms with E-state index in [-0.39, 0.29) is 17.1 Å². The van der Waals surface area contributed by atoms with Gasteiger partial charge in [0, 0.05) is 6.07 Å². The Balaban J connectivity index is 3.23. The van der Waals surface area contributed by atoms with Crippen molar-refractivity contribution in [2.24, 2.45) is 0 Å². The predicted octanol–water partition coefficient (Wildman–Crippen LogP) is 1.35. The van der Waals surface area contributed by atoms with Crippen molar-refractivity contribution in [3.63, 3.8) is 0 Å². The van der Waals surface area contributed by atoms with Crippen molar-refractivity contribution in [2.45, 2.75) is 0 Å². The highest BCUT2D eigenvalue weighted by Crippen LogP contribution is 2.30. The van der Waals surface area contributed by atoms with Crippen molar-refractivity contribution in [2.75, 3.05) is 5.73 Å². The molecule has 0 saturated carbocycles. The van der Waals surface area contributed by atoms with Crippen molar-refractivity contribution in [3.8, 4) is 5.75 Å². The van der Waals surface area contributed by atoms with Crippen molar-refractivity contribution < 1.29 is 9.66 Å². The Morgan fingerprint density at radius 1 is 1.58 bits per heavy atom. The molecule has 0 spiro atoms. The zero-order valence-corrected chi connectivity index (χ0v) is 6.19. The van der Waals surface area contributed by atoms with Crippen molar-refractivity contribution in [1.29, 1.82) is 0 Å². The summed E-state index contributed by atoms with van der Waals surface area (Å²) in [5.41, 5.74) is 5.22. The monoisotopic (exact) mass is 167 g/mol. The molecule has 1 rings (SSSR count). The highest BCUT2D eigenvalue weighted by atomic mass is 16.6. The highest BCUT2D eigenvalue weighted by molar-refractivity contribution is 5.66. The van der Waals surface area contributed by atoms with Gasteiger partial charge in [-0.1, -0.05) is 6.07 Å². The van der Waals surface area contributed by atoms with Crippen LogP contribution >= 0.6 is 0 Å². The Labute approximate surface area is 68.9 Å². The second-order valence-electron chi connectivity index (χ2n) is 2.09. The minimum atomic E-state index is -0.572. The van der Waals surface area contributed by atoms with E-state index in [2.05, 4.69) is 11.8 Å². The first kappa shape index (κ1) is 8.32. The van der Waals surface area contributed by atoms with Crippen molar-refractivity contribution in [3.05, 3.63) is 35.4 Å². The van der Waals surface area contributed by atoms with Crippen molar-refractivity contribution >= 4 is 11.4 Å². The van der Waals surface area contributed by atoms with Crippen LogP contribution in [0.1, 0.15) is 0 Å². The number of nitrogens with two attached hydrogens (primary N) is 1. The maximum atomic E-state index is 10.3. The van der Waals surface area contributed by atoms with Gasteiger partial charge in [0.1, 0.15) is 12.9 Å². The quantitative estimate of drug-likeness (QED) is 0.409. The molecule has 5 nitrogen and oxygen atoms in total. The number of nitro groups is 1. The van der Waals surface area contributed by atoms with E-state index >= 15 is 0 Å². The van der Waals surface area contributed by atoms with E-state index in [9.17, 15) is 10.1 Å². The third kappa shape index (κ3) is 1.29. The molecule has 0 aliphatic carbocycles. The van der Waals surface area contributed by atoms with Crippen LogP contribution in [0.3, 0.4) is 0 Å². The summed E-state index contributed by atoms with van der Waals surface area (Å²) in [6, 6.07) is 4.29. The highest BCUT2D eigenvalue weighted by Gasteiger charge is 2.13. The summed E-state index contributed by atoms with van der Waals surface area (Å²) in [5.74, 6) is 0.212. The Bertz CT molecular complexity index is 312. The van der Waals surface area contributed by atoms with Gasteiger partial charge in [-0.05, 0) is 6.07 Å².